The number of amides is 1. The molecule has 4 aromatic rings. The summed E-state index contributed by atoms with van der Waals surface area (Å²) in [6, 6.07) is 19.2. The largest absolute Gasteiger partial charge is 0.619 e. The third-order valence-corrected chi connectivity index (χ3v) is 7.09. The van der Waals surface area contributed by atoms with Crippen LogP contribution in [0, 0.1) is 5.21 Å². The summed E-state index contributed by atoms with van der Waals surface area (Å²) in [5.41, 5.74) is 2.03. The number of benzene rings is 2. The van der Waals surface area contributed by atoms with E-state index in [9.17, 15) is 18.4 Å². The van der Waals surface area contributed by atoms with Crippen molar-refractivity contribution in [3.05, 3.63) is 119 Å². The van der Waals surface area contributed by atoms with Crippen molar-refractivity contribution in [2.75, 3.05) is 11.4 Å². The standard InChI is InChI=1S/C27H23N3O5S.ClH/c1-35-24-10-12-25(13-11-24)36(33,34)30(27(31)19-22-5-4-16-28-20-22)26-7-3-2-6-23(26)9-8-21-14-17-29(32)18-15-21;/h2-18,20H,19H2,1H3;1H/b9-8+;. The first-order valence-electron chi connectivity index (χ1n) is 11.0. The van der Waals surface area contributed by atoms with Crippen LogP contribution >= 0.6 is 12.4 Å². The average Bonchev–Trinajstić information content (AvgIpc) is 2.89. The Hall–Kier alpha value is -4.21. The van der Waals surface area contributed by atoms with E-state index in [-0.39, 0.29) is 29.4 Å². The number of hydrogen-bond donors (Lipinski definition) is 0. The Morgan fingerprint density at radius 1 is 1.00 bits per heavy atom. The lowest BCUT2D eigenvalue weighted by atomic mass is 10.1. The molecule has 37 heavy (non-hydrogen) atoms. The Labute approximate surface area is 221 Å². The summed E-state index contributed by atoms with van der Waals surface area (Å²) in [7, 11) is -2.79. The van der Waals surface area contributed by atoms with Crippen LogP contribution in [-0.4, -0.2) is 26.4 Å². The molecule has 2 aromatic carbocycles. The van der Waals surface area contributed by atoms with Crippen LogP contribution in [0.1, 0.15) is 16.7 Å². The van der Waals surface area contributed by atoms with Gasteiger partial charge in [0.15, 0.2) is 12.4 Å². The zero-order chi connectivity index (χ0) is 25.5. The third-order valence-electron chi connectivity index (χ3n) is 5.34. The van der Waals surface area contributed by atoms with Crippen molar-refractivity contribution in [2.45, 2.75) is 11.3 Å². The maximum Gasteiger partial charge on any atom is 0.270 e. The second-order valence-corrected chi connectivity index (χ2v) is 9.55. The highest BCUT2D eigenvalue weighted by molar-refractivity contribution is 7.93. The maximum absolute atomic E-state index is 13.8. The number of hydrogen-bond acceptors (Lipinski definition) is 6. The van der Waals surface area contributed by atoms with Crippen molar-refractivity contribution in [2.24, 2.45) is 0 Å². The van der Waals surface area contributed by atoms with Crippen molar-refractivity contribution >= 4 is 46.2 Å². The predicted octanol–water partition coefficient (Wildman–Crippen LogP) is 4.28. The highest BCUT2D eigenvalue weighted by Crippen LogP contribution is 2.30. The van der Waals surface area contributed by atoms with E-state index in [0.717, 1.165) is 9.87 Å². The number of carbonyl (C=O) groups excluding carboxylic acids is 1. The Kier molecular flexibility index (Phi) is 9.00. The molecule has 0 aliphatic rings. The van der Waals surface area contributed by atoms with Crippen LogP contribution in [0.4, 0.5) is 5.69 Å². The topological polar surface area (TPSA) is 104 Å². The van der Waals surface area contributed by atoms with Crippen LogP contribution in [0.2, 0.25) is 0 Å². The van der Waals surface area contributed by atoms with E-state index >= 15 is 0 Å². The number of ether oxygens (including phenoxy) is 1. The molecule has 0 atom stereocenters. The SMILES string of the molecule is COc1ccc(S(=O)(=O)N(C(=O)Cc2cccnc2)c2ccccc2/C=C/c2cc[n+]([O-])cc2)cc1.Cl. The molecular formula is C27H24ClN3O5S. The first-order valence-corrected chi connectivity index (χ1v) is 12.4. The molecule has 2 aromatic heterocycles. The molecule has 0 saturated heterocycles. The monoisotopic (exact) mass is 537 g/mol. The number of rotatable bonds is 8. The van der Waals surface area contributed by atoms with E-state index in [0.29, 0.717) is 21.6 Å². The fraction of sp³-hybridized carbons (Fsp3) is 0.0741. The fourth-order valence-corrected chi connectivity index (χ4v) is 4.98. The molecule has 2 heterocycles. The molecule has 8 nitrogen and oxygen atoms in total. The van der Waals surface area contributed by atoms with Gasteiger partial charge in [-0.2, -0.15) is 4.73 Å². The van der Waals surface area contributed by atoms with Gasteiger partial charge in [-0.1, -0.05) is 36.4 Å². The highest BCUT2D eigenvalue weighted by Gasteiger charge is 2.32. The van der Waals surface area contributed by atoms with Crippen LogP contribution in [0.5, 0.6) is 5.75 Å². The summed E-state index contributed by atoms with van der Waals surface area (Å²) in [5.74, 6) is -0.139. The number of anilines is 1. The van der Waals surface area contributed by atoms with E-state index in [4.69, 9.17) is 4.74 Å². The van der Waals surface area contributed by atoms with Gasteiger partial charge in [-0.3, -0.25) is 9.78 Å². The summed E-state index contributed by atoms with van der Waals surface area (Å²) in [6.07, 6.45) is 9.12. The van der Waals surface area contributed by atoms with Crippen molar-refractivity contribution in [1.29, 1.82) is 0 Å². The van der Waals surface area contributed by atoms with E-state index in [2.05, 4.69) is 4.98 Å². The molecule has 0 saturated carbocycles. The maximum atomic E-state index is 13.8. The summed E-state index contributed by atoms with van der Waals surface area (Å²) in [6.45, 7) is 0. The lowest BCUT2D eigenvalue weighted by molar-refractivity contribution is -0.605. The molecule has 0 fully saturated rings. The fourth-order valence-electron chi connectivity index (χ4n) is 3.53. The van der Waals surface area contributed by atoms with Crippen LogP contribution in [0.25, 0.3) is 12.2 Å². The Morgan fingerprint density at radius 2 is 1.70 bits per heavy atom. The highest BCUT2D eigenvalue weighted by atomic mass is 35.5. The zero-order valence-corrected chi connectivity index (χ0v) is 21.4. The molecular weight excluding hydrogens is 514 g/mol. The van der Waals surface area contributed by atoms with E-state index in [1.807, 2.05) is 0 Å². The molecule has 0 aliphatic heterocycles. The summed E-state index contributed by atoms with van der Waals surface area (Å²) >= 11 is 0. The zero-order valence-electron chi connectivity index (χ0n) is 19.8. The lowest BCUT2D eigenvalue weighted by Gasteiger charge is -2.24. The molecule has 1 amide bonds. The number of halogens is 1. The first-order chi connectivity index (χ1) is 17.4. The molecule has 0 unspecified atom stereocenters. The number of methoxy groups -OCH3 is 1. The number of nitrogens with zero attached hydrogens (tertiary/aromatic N) is 3. The van der Waals surface area contributed by atoms with Gasteiger partial charge in [0.25, 0.3) is 10.0 Å². The number of carbonyl (C=O) groups is 1. The van der Waals surface area contributed by atoms with Gasteiger partial charge in [0, 0.05) is 24.5 Å². The Balaban J connectivity index is 0.00000380. The lowest BCUT2D eigenvalue weighted by Crippen LogP contribution is -2.38. The quantitative estimate of drug-likeness (QED) is 0.245. The molecule has 0 radical (unpaired) electrons. The van der Waals surface area contributed by atoms with Gasteiger partial charge in [-0.05, 0) is 53.1 Å². The van der Waals surface area contributed by atoms with Gasteiger partial charge in [-0.25, -0.2) is 12.7 Å². The second kappa shape index (κ2) is 12.2. The molecule has 0 aliphatic carbocycles. The van der Waals surface area contributed by atoms with Crippen LogP contribution in [-0.2, 0) is 21.2 Å². The Bertz CT molecular complexity index is 1480. The molecule has 4 rings (SSSR count). The molecule has 0 N–H and O–H groups in total. The van der Waals surface area contributed by atoms with Gasteiger partial charge in [0.2, 0.25) is 5.91 Å². The molecule has 0 spiro atoms. The van der Waals surface area contributed by atoms with Gasteiger partial charge >= 0.3 is 0 Å². The number of sulfonamides is 1. The van der Waals surface area contributed by atoms with Crippen molar-refractivity contribution < 1.29 is 22.7 Å². The third kappa shape index (κ3) is 6.52. The summed E-state index contributed by atoms with van der Waals surface area (Å²) in [5, 5.41) is 11.3. The van der Waals surface area contributed by atoms with Crippen LogP contribution < -0.4 is 13.8 Å². The minimum atomic E-state index is -4.28. The predicted molar refractivity (Wildman–Crippen MR) is 144 cm³/mol. The molecule has 10 heteroatoms. The average molecular weight is 538 g/mol. The minimum absolute atomic E-state index is 0. The molecule has 0 bridgehead atoms. The van der Waals surface area contributed by atoms with Crippen molar-refractivity contribution in [3.63, 3.8) is 0 Å². The normalized spacial score (nSPS) is 11.1. The summed E-state index contributed by atoms with van der Waals surface area (Å²) in [4.78, 5) is 17.5. The van der Waals surface area contributed by atoms with Crippen molar-refractivity contribution in [1.82, 2.24) is 4.98 Å². The number of aromatic nitrogens is 2. The van der Waals surface area contributed by atoms with Gasteiger partial charge in [0.05, 0.1) is 24.1 Å². The van der Waals surface area contributed by atoms with Gasteiger partial charge in [0.1, 0.15) is 5.75 Å². The van der Waals surface area contributed by atoms with Crippen LogP contribution in [0.3, 0.4) is 0 Å². The number of para-hydroxylation sites is 1. The Morgan fingerprint density at radius 3 is 2.35 bits per heavy atom. The van der Waals surface area contributed by atoms with Gasteiger partial charge < -0.3 is 9.94 Å². The first kappa shape index (κ1) is 27.4. The van der Waals surface area contributed by atoms with Crippen LogP contribution in [0.15, 0.2) is 102 Å². The summed E-state index contributed by atoms with van der Waals surface area (Å²) < 4.78 is 34.3. The van der Waals surface area contributed by atoms with E-state index in [1.165, 1.54) is 50.0 Å². The van der Waals surface area contributed by atoms with E-state index < -0.39 is 15.9 Å². The number of pyridine rings is 2. The van der Waals surface area contributed by atoms with Gasteiger partial charge in [-0.15, -0.1) is 12.4 Å². The molecule has 190 valence electrons. The van der Waals surface area contributed by atoms with Crippen molar-refractivity contribution in [3.8, 4) is 5.75 Å². The van der Waals surface area contributed by atoms with E-state index in [1.54, 1.807) is 66.9 Å². The smallest absolute Gasteiger partial charge is 0.270 e. The minimum Gasteiger partial charge on any atom is -0.619 e. The second-order valence-electron chi connectivity index (χ2n) is 7.76.